The smallest absolute Gasteiger partial charge is 0.224 e. The maximum atomic E-state index is 12.7. The van der Waals surface area contributed by atoms with E-state index < -0.39 is 0 Å². The van der Waals surface area contributed by atoms with Gasteiger partial charge in [0.2, 0.25) is 5.91 Å². The molecule has 1 heterocycles. The van der Waals surface area contributed by atoms with Gasteiger partial charge in [-0.2, -0.15) is 0 Å². The summed E-state index contributed by atoms with van der Waals surface area (Å²) in [7, 11) is 0. The van der Waals surface area contributed by atoms with Crippen molar-refractivity contribution in [1.82, 2.24) is 10.3 Å². The fraction of sp³-hybridized carbons (Fsp3) is 0.647. The third-order valence-corrected chi connectivity index (χ3v) is 5.38. The summed E-state index contributed by atoms with van der Waals surface area (Å²) in [6.45, 7) is 8.50. The van der Waals surface area contributed by atoms with Gasteiger partial charge >= 0.3 is 0 Å². The Kier molecular flexibility index (Phi) is 4.67. The Morgan fingerprint density at radius 3 is 2.62 bits per heavy atom. The molecule has 1 aromatic heterocycles. The third-order valence-electron chi connectivity index (χ3n) is 5.38. The van der Waals surface area contributed by atoms with Crippen LogP contribution in [0.4, 0.5) is 0 Å². The van der Waals surface area contributed by atoms with E-state index in [1.54, 1.807) is 12.4 Å². The first kappa shape index (κ1) is 16.0. The molecular formula is C17H27N3O. The number of nitrogens with two attached hydrogens (primary N) is 1. The summed E-state index contributed by atoms with van der Waals surface area (Å²) < 4.78 is 0. The first-order chi connectivity index (χ1) is 9.84. The van der Waals surface area contributed by atoms with Crippen molar-refractivity contribution in [2.75, 3.05) is 0 Å². The van der Waals surface area contributed by atoms with Gasteiger partial charge in [-0.05, 0) is 48.8 Å². The normalized spacial score (nSPS) is 29.7. The molecule has 116 valence electrons. The van der Waals surface area contributed by atoms with Gasteiger partial charge in [0.05, 0.1) is 6.04 Å². The minimum absolute atomic E-state index is 0.00204. The highest BCUT2D eigenvalue weighted by molar-refractivity contribution is 5.80. The second-order valence-electron chi connectivity index (χ2n) is 6.91. The van der Waals surface area contributed by atoms with Gasteiger partial charge in [-0.15, -0.1) is 0 Å². The van der Waals surface area contributed by atoms with Gasteiger partial charge < -0.3 is 11.1 Å². The molecule has 3 unspecified atom stereocenters. The molecule has 21 heavy (non-hydrogen) atoms. The molecule has 0 saturated heterocycles. The summed E-state index contributed by atoms with van der Waals surface area (Å²) in [5.41, 5.74) is 7.18. The second kappa shape index (κ2) is 6.14. The first-order valence-corrected chi connectivity index (χ1v) is 7.80. The largest absolute Gasteiger partial charge is 0.349 e. The highest BCUT2D eigenvalue weighted by Gasteiger charge is 2.45. The minimum Gasteiger partial charge on any atom is -0.349 e. The quantitative estimate of drug-likeness (QED) is 0.899. The molecule has 1 aliphatic carbocycles. The molecular weight excluding hydrogens is 262 g/mol. The van der Waals surface area contributed by atoms with E-state index in [0.717, 1.165) is 18.4 Å². The van der Waals surface area contributed by atoms with Crippen LogP contribution in [0.15, 0.2) is 24.5 Å². The molecule has 4 heteroatoms. The van der Waals surface area contributed by atoms with Crippen LogP contribution >= 0.6 is 0 Å². The molecule has 1 saturated carbocycles. The van der Waals surface area contributed by atoms with E-state index >= 15 is 0 Å². The lowest BCUT2D eigenvalue weighted by molar-refractivity contribution is -0.133. The Morgan fingerprint density at radius 2 is 2.00 bits per heavy atom. The standard InChI is InChI=1S/C17H27N3O/c1-11-15(18)6-5-14(17(11,3)4)16(21)20-12(2)13-7-9-19-10-8-13/h7-12,14-15H,5-6,18H2,1-4H3,(H,20,21)/t11?,12-,14?,15?/m0/s1. The SMILES string of the molecule is CC1C(N)CCC(C(=O)N[C@@H](C)c2ccncc2)C1(C)C. The number of amides is 1. The zero-order valence-corrected chi connectivity index (χ0v) is 13.5. The first-order valence-electron chi connectivity index (χ1n) is 7.80. The molecule has 2 rings (SSSR count). The van der Waals surface area contributed by atoms with Gasteiger partial charge in [-0.25, -0.2) is 0 Å². The Hall–Kier alpha value is -1.42. The lowest BCUT2D eigenvalue weighted by Gasteiger charge is -2.46. The molecule has 1 aromatic rings. The number of carbonyl (C=O) groups excluding carboxylic acids is 1. The van der Waals surface area contributed by atoms with Crippen molar-refractivity contribution in [2.24, 2.45) is 23.0 Å². The van der Waals surface area contributed by atoms with Crippen LogP contribution in [-0.2, 0) is 4.79 Å². The monoisotopic (exact) mass is 289 g/mol. The van der Waals surface area contributed by atoms with Crippen molar-refractivity contribution in [3.8, 4) is 0 Å². The minimum atomic E-state index is -0.0697. The molecule has 0 aliphatic heterocycles. The predicted octanol–water partition coefficient (Wildman–Crippen LogP) is 2.66. The molecule has 4 nitrogen and oxygen atoms in total. The second-order valence-corrected chi connectivity index (χ2v) is 6.91. The maximum Gasteiger partial charge on any atom is 0.224 e. The van der Waals surface area contributed by atoms with E-state index in [0.29, 0.717) is 5.92 Å². The van der Waals surface area contributed by atoms with Crippen LogP contribution in [0.2, 0.25) is 0 Å². The number of aromatic nitrogens is 1. The fourth-order valence-electron chi connectivity index (χ4n) is 3.37. The van der Waals surface area contributed by atoms with Crippen molar-refractivity contribution in [3.05, 3.63) is 30.1 Å². The summed E-state index contributed by atoms with van der Waals surface area (Å²) in [5, 5.41) is 3.15. The van der Waals surface area contributed by atoms with E-state index in [1.165, 1.54) is 0 Å². The highest BCUT2D eigenvalue weighted by atomic mass is 16.2. The Morgan fingerprint density at radius 1 is 1.38 bits per heavy atom. The number of nitrogens with one attached hydrogen (secondary N) is 1. The zero-order chi connectivity index (χ0) is 15.6. The van der Waals surface area contributed by atoms with Crippen molar-refractivity contribution in [1.29, 1.82) is 0 Å². The summed E-state index contributed by atoms with van der Waals surface area (Å²) in [6, 6.07) is 4.08. The summed E-state index contributed by atoms with van der Waals surface area (Å²) in [4.78, 5) is 16.7. The Bertz CT molecular complexity index is 486. The van der Waals surface area contributed by atoms with Gasteiger partial charge in [-0.1, -0.05) is 20.8 Å². The molecule has 1 amide bonds. The van der Waals surface area contributed by atoms with Crippen molar-refractivity contribution in [3.63, 3.8) is 0 Å². The van der Waals surface area contributed by atoms with E-state index in [4.69, 9.17) is 5.73 Å². The van der Waals surface area contributed by atoms with E-state index in [9.17, 15) is 4.79 Å². The lowest BCUT2D eigenvalue weighted by atomic mass is 9.61. The van der Waals surface area contributed by atoms with Crippen LogP contribution in [0.25, 0.3) is 0 Å². The van der Waals surface area contributed by atoms with Crippen LogP contribution in [0.1, 0.15) is 52.1 Å². The number of pyridine rings is 1. The molecule has 1 fully saturated rings. The summed E-state index contributed by atoms with van der Waals surface area (Å²) in [5.74, 6) is 0.512. The van der Waals surface area contributed by atoms with Crippen LogP contribution in [0, 0.1) is 17.3 Å². The molecule has 0 aromatic carbocycles. The third kappa shape index (κ3) is 3.26. The lowest BCUT2D eigenvalue weighted by Crippen LogP contribution is -2.51. The molecule has 3 N–H and O–H groups in total. The maximum absolute atomic E-state index is 12.7. The van der Waals surface area contributed by atoms with Crippen LogP contribution in [0.5, 0.6) is 0 Å². The van der Waals surface area contributed by atoms with Gasteiger partial charge in [-0.3, -0.25) is 9.78 Å². The number of rotatable bonds is 3. The predicted molar refractivity (Wildman–Crippen MR) is 84.4 cm³/mol. The highest BCUT2D eigenvalue weighted by Crippen LogP contribution is 2.44. The number of hydrogen-bond acceptors (Lipinski definition) is 3. The van der Waals surface area contributed by atoms with Gasteiger partial charge in [0, 0.05) is 24.4 Å². The number of nitrogens with zero attached hydrogens (tertiary/aromatic N) is 1. The van der Waals surface area contributed by atoms with E-state index in [2.05, 4.69) is 31.1 Å². The number of hydrogen-bond donors (Lipinski definition) is 2. The zero-order valence-electron chi connectivity index (χ0n) is 13.5. The van der Waals surface area contributed by atoms with Crippen LogP contribution in [0.3, 0.4) is 0 Å². The average molecular weight is 289 g/mol. The molecule has 0 radical (unpaired) electrons. The summed E-state index contributed by atoms with van der Waals surface area (Å²) >= 11 is 0. The molecule has 0 spiro atoms. The van der Waals surface area contributed by atoms with Crippen molar-refractivity contribution in [2.45, 2.75) is 52.6 Å². The molecule has 1 aliphatic rings. The Balaban J connectivity index is 2.06. The van der Waals surface area contributed by atoms with Gasteiger partial charge in [0.1, 0.15) is 0 Å². The fourth-order valence-corrected chi connectivity index (χ4v) is 3.37. The van der Waals surface area contributed by atoms with Crippen LogP contribution < -0.4 is 11.1 Å². The van der Waals surface area contributed by atoms with Gasteiger partial charge in [0.15, 0.2) is 0 Å². The van der Waals surface area contributed by atoms with Gasteiger partial charge in [0.25, 0.3) is 0 Å². The van der Waals surface area contributed by atoms with E-state index in [-0.39, 0.29) is 29.3 Å². The molecule has 4 atom stereocenters. The van der Waals surface area contributed by atoms with Crippen LogP contribution in [-0.4, -0.2) is 16.9 Å². The topological polar surface area (TPSA) is 68.0 Å². The molecule has 0 bridgehead atoms. The number of carbonyl (C=O) groups is 1. The average Bonchev–Trinajstić information content (AvgIpc) is 2.45. The summed E-state index contributed by atoms with van der Waals surface area (Å²) in [6.07, 6.45) is 5.30. The van der Waals surface area contributed by atoms with Crippen molar-refractivity contribution >= 4 is 5.91 Å². The van der Waals surface area contributed by atoms with Crippen molar-refractivity contribution < 1.29 is 4.79 Å². The Labute approximate surface area is 127 Å². The van der Waals surface area contributed by atoms with E-state index in [1.807, 2.05) is 19.1 Å².